The number of primary amides is 1. The van der Waals surface area contributed by atoms with Crippen molar-refractivity contribution < 1.29 is 40.9 Å². The fourth-order valence-electron chi connectivity index (χ4n) is 3.80. The molecular weight excluding hydrogens is 558 g/mol. The van der Waals surface area contributed by atoms with Crippen LogP contribution in [0.2, 0.25) is 0 Å². The SMILES string of the molecule is Cc1c([N+](=O)[O-])c(C(F)F)nn1CC(=O)Nc1c(C(N)=O)sc2nc(C(F)(F)F)cc(-c3ccc(F)cc3)c12. The zero-order valence-corrected chi connectivity index (χ0v) is 20.2. The maximum absolute atomic E-state index is 13.6. The molecule has 0 spiro atoms. The second kappa shape index (κ2) is 9.97. The van der Waals surface area contributed by atoms with E-state index in [-0.39, 0.29) is 37.6 Å². The van der Waals surface area contributed by atoms with E-state index in [9.17, 15) is 46.0 Å². The Morgan fingerprint density at radius 2 is 1.87 bits per heavy atom. The number of nitrogens with one attached hydrogen (secondary N) is 1. The summed E-state index contributed by atoms with van der Waals surface area (Å²) in [6, 6.07) is 4.98. The highest BCUT2D eigenvalue weighted by atomic mass is 32.1. The first-order valence-corrected chi connectivity index (χ1v) is 11.4. The average molecular weight is 572 g/mol. The van der Waals surface area contributed by atoms with E-state index in [1.165, 1.54) is 12.1 Å². The van der Waals surface area contributed by atoms with E-state index in [1.54, 1.807) is 0 Å². The largest absolute Gasteiger partial charge is 0.433 e. The predicted octanol–water partition coefficient (Wildman–Crippen LogP) is 5.21. The average Bonchev–Trinajstić information content (AvgIpc) is 3.36. The number of amides is 2. The molecule has 3 aromatic heterocycles. The molecule has 0 unspecified atom stereocenters. The van der Waals surface area contributed by atoms with Gasteiger partial charge < -0.3 is 11.1 Å². The molecule has 3 heterocycles. The van der Waals surface area contributed by atoms with Gasteiger partial charge >= 0.3 is 11.9 Å². The first-order valence-electron chi connectivity index (χ1n) is 10.6. The van der Waals surface area contributed by atoms with E-state index >= 15 is 0 Å². The minimum atomic E-state index is -4.90. The first-order chi connectivity index (χ1) is 18.2. The number of nitro groups is 1. The lowest BCUT2D eigenvalue weighted by molar-refractivity contribution is -0.386. The van der Waals surface area contributed by atoms with Crippen molar-refractivity contribution in [2.75, 3.05) is 5.32 Å². The molecule has 0 atom stereocenters. The lowest BCUT2D eigenvalue weighted by Crippen LogP contribution is -2.22. The molecule has 39 heavy (non-hydrogen) atoms. The van der Waals surface area contributed by atoms with E-state index < -0.39 is 58.8 Å². The molecule has 4 rings (SSSR count). The molecule has 4 aromatic rings. The Morgan fingerprint density at radius 1 is 1.23 bits per heavy atom. The van der Waals surface area contributed by atoms with E-state index in [2.05, 4.69) is 15.4 Å². The lowest BCUT2D eigenvalue weighted by Gasteiger charge is -2.12. The molecule has 0 saturated heterocycles. The van der Waals surface area contributed by atoms with E-state index in [1.807, 2.05) is 0 Å². The fraction of sp³-hybridized carbons (Fsp3) is 0.182. The molecule has 204 valence electrons. The number of hydrogen-bond acceptors (Lipinski definition) is 7. The van der Waals surface area contributed by atoms with Gasteiger partial charge in [0.25, 0.3) is 12.3 Å². The number of nitrogens with zero attached hydrogens (tertiary/aromatic N) is 4. The summed E-state index contributed by atoms with van der Waals surface area (Å²) in [6.07, 6.45) is -8.22. The number of pyridine rings is 1. The van der Waals surface area contributed by atoms with Gasteiger partial charge in [0.15, 0.2) is 0 Å². The number of hydrogen-bond donors (Lipinski definition) is 2. The number of fused-ring (bicyclic) bond motifs is 1. The number of carbonyl (C=O) groups excluding carboxylic acids is 2. The highest BCUT2D eigenvalue weighted by Crippen LogP contribution is 2.43. The molecule has 17 heteroatoms. The number of rotatable bonds is 7. The molecule has 0 aliphatic carbocycles. The summed E-state index contributed by atoms with van der Waals surface area (Å²) >= 11 is 0.455. The quantitative estimate of drug-likeness (QED) is 0.177. The summed E-state index contributed by atoms with van der Waals surface area (Å²) in [5, 5.41) is 16.8. The van der Waals surface area contributed by atoms with Crippen LogP contribution in [0.1, 0.15) is 33.2 Å². The Hall–Kier alpha value is -4.54. The summed E-state index contributed by atoms with van der Waals surface area (Å²) < 4.78 is 81.4. The second-order valence-corrected chi connectivity index (χ2v) is 8.99. The molecule has 0 radical (unpaired) electrons. The van der Waals surface area contributed by atoms with Gasteiger partial charge in [-0.05, 0) is 36.2 Å². The standard InChI is InChI=1S/C22H14F6N6O4S/c1-8-17(34(37)38)16(19(24)25)32-33(8)7-13(35)31-15-14-11(9-2-4-10(23)5-3-9)6-12(22(26,27)28)30-21(14)39-18(15)20(29)36/h2-6,19H,7H2,1H3,(H2,29,36)(H,31,35). The first kappa shape index (κ1) is 27.5. The number of alkyl halides is 5. The number of carbonyl (C=O) groups is 2. The molecule has 0 bridgehead atoms. The van der Waals surface area contributed by atoms with Crippen LogP contribution >= 0.6 is 11.3 Å². The molecule has 2 amide bonds. The van der Waals surface area contributed by atoms with Crippen molar-refractivity contribution in [1.29, 1.82) is 0 Å². The van der Waals surface area contributed by atoms with Crippen LogP contribution < -0.4 is 11.1 Å². The van der Waals surface area contributed by atoms with Crippen molar-refractivity contribution in [3.8, 4) is 11.1 Å². The van der Waals surface area contributed by atoms with Gasteiger partial charge in [0.2, 0.25) is 11.6 Å². The van der Waals surface area contributed by atoms with Crippen LogP contribution in [0.4, 0.5) is 37.7 Å². The van der Waals surface area contributed by atoms with Crippen LogP contribution in [0, 0.1) is 22.9 Å². The number of thiophene rings is 1. The van der Waals surface area contributed by atoms with Crippen LogP contribution in [0.15, 0.2) is 30.3 Å². The maximum Gasteiger partial charge on any atom is 0.433 e. The highest BCUT2D eigenvalue weighted by molar-refractivity contribution is 7.21. The predicted molar refractivity (Wildman–Crippen MR) is 126 cm³/mol. The van der Waals surface area contributed by atoms with Gasteiger partial charge in [-0.25, -0.2) is 18.2 Å². The van der Waals surface area contributed by atoms with Gasteiger partial charge in [-0.15, -0.1) is 11.3 Å². The van der Waals surface area contributed by atoms with Gasteiger partial charge in [0, 0.05) is 5.39 Å². The minimum absolute atomic E-state index is 0.0822. The van der Waals surface area contributed by atoms with Gasteiger partial charge in [-0.3, -0.25) is 24.4 Å². The zero-order valence-electron chi connectivity index (χ0n) is 19.3. The van der Waals surface area contributed by atoms with Crippen molar-refractivity contribution >= 4 is 44.7 Å². The molecule has 1 aromatic carbocycles. The Labute approximate surface area is 217 Å². The summed E-state index contributed by atoms with van der Waals surface area (Å²) in [4.78, 5) is 38.0. The molecule has 10 nitrogen and oxygen atoms in total. The number of halogens is 6. The molecule has 0 fully saturated rings. The Bertz CT molecular complexity index is 1630. The van der Waals surface area contributed by atoms with Crippen LogP contribution in [-0.2, 0) is 17.5 Å². The van der Waals surface area contributed by atoms with E-state index in [0.717, 1.165) is 19.1 Å². The third-order valence-corrected chi connectivity index (χ3v) is 6.58. The highest BCUT2D eigenvalue weighted by Gasteiger charge is 2.35. The smallest absolute Gasteiger partial charge is 0.365 e. The van der Waals surface area contributed by atoms with Crippen molar-refractivity contribution in [1.82, 2.24) is 14.8 Å². The van der Waals surface area contributed by atoms with Crippen molar-refractivity contribution in [2.45, 2.75) is 26.1 Å². The summed E-state index contributed by atoms with van der Waals surface area (Å²) in [6.45, 7) is 0.253. The van der Waals surface area contributed by atoms with Crippen LogP contribution in [-0.4, -0.2) is 31.5 Å². The Morgan fingerprint density at radius 3 is 2.38 bits per heavy atom. The van der Waals surface area contributed by atoms with Crippen LogP contribution in [0.25, 0.3) is 21.3 Å². The molecule has 3 N–H and O–H groups in total. The number of benzene rings is 1. The topological polar surface area (TPSA) is 146 Å². The molecular formula is C22H14F6N6O4S. The second-order valence-electron chi connectivity index (χ2n) is 7.99. The molecule has 0 aliphatic heterocycles. The summed E-state index contributed by atoms with van der Waals surface area (Å²) in [5.74, 6) is -2.83. The van der Waals surface area contributed by atoms with Crippen LogP contribution in [0.3, 0.4) is 0 Å². The lowest BCUT2D eigenvalue weighted by atomic mass is 10.0. The monoisotopic (exact) mass is 572 g/mol. The van der Waals surface area contributed by atoms with Crippen molar-refractivity contribution in [3.63, 3.8) is 0 Å². The normalized spacial score (nSPS) is 11.8. The van der Waals surface area contributed by atoms with Crippen LogP contribution in [0.5, 0.6) is 0 Å². The summed E-state index contributed by atoms with van der Waals surface area (Å²) in [5.41, 5.74) is 1.14. The minimum Gasteiger partial charge on any atom is -0.365 e. The van der Waals surface area contributed by atoms with Gasteiger partial charge in [0.05, 0.1) is 10.6 Å². The fourth-order valence-corrected chi connectivity index (χ4v) is 4.80. The Balaban J connectivity index is 1.85. The third kappa shape index (κ3) is 5.25. The van der Waals surface area contributed by atoms with Gasteiger partial charge in [-0.2, -0.15) is 18.3 Å². The maximum atomic E-state index is 13.6. The molecule has 0 aliphatic rings. The van der Waals surface area contributed by atoms with E-state index in [4.69, 9.17) is 5.73 Å². The number of aromatic nitrogens is 3. The Kier molecular flexibility index (Phi) is 7.03. The summed E-state index contributed by atoms with van der Waals surface area (Å²) in [7, 11) is 0. The van der Waals surface area contributed by atoms with Gasteiger partial charge in [-0.1, -0.05) is 12.1 Å². The van der Waals surface area contributed by atoms with Crippen molar-refractivity contribution in [3.05, 3.63) is 68.2 Å². The number of nitrogens with two attached hydrogens (primary N) is 1. The zero-order chi connectivity index (χ0) is 28.8. The van der Waals surface area contributed by atoms with Gasteiger partial charge in [0.1, 0.15) is 33.5 Å². The third-order valence-electron chi connectivity index (χ3n) is 5.48. The van der Waals surface area contributed by atoms with Crippen molar-refractivity contribution in [2.24, 2.45) is 5.73 Å². The van der Waals surface area contributed by atoms with E-state index in [0.29, 0.717) is 22.1 Å². The molecule has 0 saturated carbocycles. The number of anilines is 1.